The summed E-state index contributed by atoms with van der Waals surface area (Å²) in [7, 11) is 0. The number of nitrogens with one attached hydrogen (secondary N) is 1. The van der Waals surface area contributed by atoms with Gasteiger partial charge in [-0.2, -0.15) is 5.10 Å². The third-order valence-electron chi connectivity index (χ3n) is 0.992. The zero-order chi connectivity index (χ0) is 7.56. The number of rotatable bonds is 2. The fourth-order valence-electron chi connectivity index (χ4n) is 0.604. The van der Waals surface area contributed by atoms with Crippen LogP contribution in [0, 0.1) is 0 Å². The molecule has 1 heterocycles. The molecule has 0 atom stereocenters. The lowest BCUT2D eigenvalue weighted by atomic mass is 10.5. The molecule has 10 heavy (non-hydrogen) atoms. The summed E-state index contributed by atoms with van der Waals surface area (Å²) in [5, 5.41) is 3.58. The van der Waals surface area contributed by atoms with Gasteiger partial charge in [0.05, 0.1) is 0 Å². The summed E-state index contributed by atoms with van der Waals surface area (Å²) in [4.78, 5) is 23.4. The predicted molar refractivity (Wildman–Crippen MR) is 33.5 cm³/mol. The highest BCUT2D eigenvalue weighted by Crippen LogP contribution is 1.74. The fraction of sp³-hybridized carbons (Fsp3) is 0.400. The Morgan fingerprint density at radius 3 is 3.00 bits per heavy atom. The molecule has 0 aliphatic carbocycles. The molecule has 0 radical (unpaired) electrons. The fourth-order valence-corrected chi connectivity index (χ4v) is 0.604. The molecule has 5 nitrogen and oxygen atoms in total. The van der Waals surface area contributed by atoms with Gasteiger partial charge in [0.25, 0.3) is 0 Å². The van der Waals surface area contributed by atoms with Crippen molar-refractivity contribution in [2.45, 2.75) is 13.5 Å². The first-order chi connectivity index (χ1) is 4.70. The van der Waals surface area contributed by atoms with Crippen LogP contribution in [0.25, 0.3) is 0 Å². The quantitative estimate of drug-likeness (QED) is 0.584. The van der Waals surface area contributed by atoms with Crippen molar-refractivity contribution in [3.8, 4) is 0 Å². The van der Waals surface area contributed by atoms with E-state index in [2.05, 4.69) is 10.1 Å². The average molecular weight is 141 g/mol. The third kappa shape index (κ3) is 1.31. The van der Waals surface area contributed by atoms with Crippen LogP contribution in [0.15, 0.2) is 11.1 Å². The highest BCUT2D eigenvalue weighted by molar-refractivity contribution is 5.75. The van der Waals surface area contributed by atoms with Gasteiger partial charge < -0.3 is 0 Å². The monoisotopic (exact) mass is 141 g/mol. The van der Waals surface area contributed by atoms with Gasteiger partial charge in [0.15, 0.2) is 5.78 Å². The zero-order valence-corrected chi connectivity index (χ0v) is 5.50. The van der Waals surface area contributed by atoms with E-state index in [0.29, 0.717) is 0 Å². The van der Waals surface area contributed by atoms with Crippen LogP contribution in [0.4, 0.5) is 0 Å². The molecule has 54 valence electrons. The SMILES string of the molecule is CC(=O)Cn1nc[nH]c1=O. The predicted octanol–water partition coefficient (Wildman–Crippen LogP) is -0.840. The Hall–Kier alpha value is -1.39. The Morgan fingerprint density at radius 2 is 2.60 bits per heavy atom. The maximum absolute atomic E-state index is 10.6. The van der Waals surface area contributed by atoms with Crippen LogP contribution in [0.2, 0.25) is 0 Å². The number of nitrogens with zero attached hydrogens (tertiary/aromatic N) is 2. The minimum absolute atomic E-state index is 0.0440. The summed E-state index contributed by atoms with van der Waals surface area (Å²) in [6.07, 6.45) is 1.26. The van der Waals surface area contributed by atoms with E-state index < -0.39 is 0 Å². The highest BCUT2D eigenvalue weighted by Gasteiger charge is 1.98. The second-order valence-electron chi connectivity index (χ2n) is 1.95. The van der Waals surface area contributed by atoms with E-state index in [0.717, 1.165) is 4.68 Å². The van der Waals surface area contributed by atoms with Crippen molar-refractivity contribution < 1.29 is 4.79 Å². The number of aromatic nitrogens is 3. The van der Waals surface area contributed by atoms with Gasteiger partial charge in [-0.25, -0.2) is 9.48 Å². The minimum Gasteiger partial charge on any atom is -0.298 e. The molecule has 0 fully saturated rings. The average Bonchev–Trinajstić information content (AvgIpc) is 2.15. The van der Waals surface area contributed by atoms with Gasteiger partial charge in [0, 0.05) is 0 Å². The van der Waals surface area contributed by atoms with Gasteiger partial charge in [-0.3, -0.25) is 9.78 Å². The van der Waals surface area contributed by atoms with Gasteiger partial charge >= 0.3 is 5.69 Å². The Labute approximate surface area is 56.7 Å². The van der Waals surface area contributed by atoms with E-state index in [9.17, 15) is 9.59 Å². The third-order valence-corrected chi connectivity index (χ3v) is 0.992. The van der Waals surface area contributed by atoms with E-state index in [1.807, 2.05) is 0 Å². The van der Waals surface area contributed by atoms with Gasteiger partial charge in [-0.15, -0.1) is 0 Å². The number of hydrogen-bond donors (Lipinski definition) is 1. The van der Waals surface area contributed by atoms with E-state index in [-0.39, 0.29) is 18.0 Å². The molecule has 0 aromatic carbocycles. The number of carbonyl (C=O) groups excluding carboxylic acids is 1. The molecule has 0 aliphatic heterocycles. The molecule has 1 N–H and O–H groups in total. The smallest absolute Gasteiger partial charge is 0.298 e. The van der Waals surface area contributed by atoms with Gasteiger partial charge in [-0.1, -0.05) is 0 Å². The van der Waals surface area contributed by atoms with Gasteiger partial charge in [0.2, 0.25) is 0 Å². The number of H-pyrrole nitrogens is 1. The second kappa shape index (κ2) is 2.47. The first-order valence-corrected chi connectivity index (χ1v) is 2.80. The largest absolute Gasteiger partial charge is 0.343 e. The van der Waals surface area contributed by atoms with E-state index >= 15 is 0 Å². The molecule has 0 bridgehead atoms. The van der Waals surface area contributed by atoms with Crippen molar-refractivity contribution in [1.82, 2.24) is 14.8 Å². The summed E-state index contributed by atoms with van der Waals surface area (Å²) < 4.78 is 1.07. The number of ketones is 1. The van der Waals surface area contributed by atoms with Crippen molar-refractivity contribution in [1.29, 1.82) is 0 Å². The summed E-state index contributed by atoms with van der Waals surface area (Å²) in [6.45, 7) is 1.45. The van der Waals surface area contributed by atoms with Crippen LogP contribution in [0.1, 0.15) is 6.92 Å². The molecule has 1 rings (SSSR count). The van der Waals surface area contributed by atoms with Crippen molar-refractivity contribution in [3.63, 3.8) is 0 Å². The second-order valence-corrected chi connectivity index (χ2v) is 1.95. The number of Topliss-reactive ketones (excluding diaryl/α,β-unsaturated/α-hetero) is 1. The summed E-state index contributed by atoms with van der Waals surface area (Å²) in [6, 6.07) is 0. The van der Waals surface area contributed by atoms with Crippen LogP contribution < -0.4 is 5.69 Å². The van der Waals surface area contributed by atoms with E-state index in [1.165, 1.54) is 13.3 Å². The van der Waals surface area contributed by atoms with Crippen molar-refractivity contribution in [2.24, 2.45) is 0 Å². The number of aromatic amines is 1. The van der Waals surface area contributed by atoms with Crippen LogP contribution >= 0.6 is 0 Å². The summed E-state index contributed by atoms with van der Waals surface area (Å²) in [5.74, 6) is -0.0887. The standard InChI is InChI=1S/C5H7N3O2/c1-4(9)2-8-5(10)6-3-7-8/h3H,2H2,1H3,(H,6,7,10). The maximum atomic E-state index is 10.6. The molecular formula is C5H7N3O2. The topological polar surface area (TPSA) is 67.8 Å². The van der Waals surface area contributed by atoms with Crippen molar-refractivity contribution in [2.75, 3.05) is 0 Å². The van der Waals surface area contributed by atoms with Gasteiger partial charge in [-0.05, 0) is 6.92 Å². The molecule has 1 aromatic heterocycles. The molecule has 0 amide bonds. The Balaban J connectivity index is 2.85. The lowest BCUT2D eigenvalue weighted by Crippen LogP contribution is -2.21. The summed E-state index contributed by atoms with van der Waals surface area (Å²) >= 11 is 0. The van der Waals surface area contributed by atoms with Crippen LogP contribution in [-0.4, -0.2) is 20.5 Å². The van der Waals surface area contributed by atoms with Crippen LogP contribution in [-0.2, 0) is 11.3 Å². The molecule has 0 unspecified atom stereocenters. The molecule has 0 aliphatic rings. The van der Waals surface area contributed by atoms with E-state index in [4.69, 9.17) is 0 Å². The minimum atomic E-state index is -0.352. The van der Waals surface area contributed by atoms with Gasteiger partial charge in [0.1, 0.15) is 12.9 Å². The lowest BCUT2D eigenvalue weighted by Gasteiger charge is -1.90. The molecular weight excluding hydrogens is 134 g/mol. The highest BCUT2D eigenvalue weighted by atomic mass is 16.2. The molecule has 5 heteroatoms. The zero-order valence-electron chi connectivity index (χ0n) is 5.50. The normalized spacial score (nSPS) is 9.70. The Morgan fingerprint density at radius 1 is 1.90 bits per heavy atom. The maximum Gasteiger partial charge on any atom is 0.343 e. The van der Waals surface area contributed by atoms with Crippen molar-refractivity contribution >= 4 is 5.78 Å². The summed E-state index contributed by atoms with van der Waals surface area (Å²) in [5.41, 5.74) is -0.352. The first kappa shape index (κ1) is 6.73. The van der Waals surface area contributed by atoms with Crippen LogP contribution in [0.5, 0.6) is 0 Å². The number of hydrogen-bond acceptors (Lipinski definition) is 3. The Bertz CT molecular complexity index is 285. The number of carbonyl (C=O) groups is 1. The molecule has 1 aromatic rings. The molecule has 0 saturated heterocycles. The van der Waals surface area contributed by atoms with Crippen molar-refractivity contribution in [3.05, 3.63) is 16.8 Å². The lowest BCUT2D eigenvalue weighted by molar-refractivity contribution is -0.117. The van der Waals surface area contributed by atoms with E-state index in [1.54, 1.807) is 0 Å². The molecule has 0 saturated carbocycles. The first-order valence-electron chi connectivity index (χ1n) is 2.80. The van der Waals surface area contributed by atoms with Crippen LogP contribution in [0.3, 0.4) is 0 Å². The Kier molecular flexibility index (Phi) is 1.66. The molecule has 0 spiro atoms.